The van der Waals surface area contributed by atoms with E-state index in [1.54, 1.807) is 17.0 Å². The Morgan fingerprint density at radius 3 is 2.72 bits per heavy atom. The number of aromatic nitrogens is 2. The fourth-order valence-corrected chi connectivity index (χ4v) is 3.68. The Hall–Kier alpha value is -4.12. The molecular weight excluding hydrogens is 408 g/mol. The van der Waals surface area contributed by atoms with Crippen molar-refractivity contribution in [3.05, 3.63) is 65.7 Å². The number of hydrogen-bond donors (Lipinski definition) is 2. The highest BCUT2D eigenvalue weighted by Gasteiger charge is 2.36. The van der Waals surface area contributed by atoms with Crippen molar-refractivity contribution in [2.75, 3.05) is 18.1 Å². The fourth-order valence-electron chi connectivity index (χ4n) is 3.68. The number of rotatable bonds is 6. The quantitative estimate of drug-likeness (QED) is 0.351. The number of hydrogen-bond acceptors (Lipinski definition) is 6. The van der Waals surface area contributed by atoms with Crippen molar-refractivity contribution in [3.8, 4) is 6.07 Å². The third kappa shape index (κ3) is 4.18. The van der Waals surface area contributed by atoms with Gasteiger partial charge in [0.2, 0.25) is 5.91 Å². The van der Waals surface area contributed by atoms with Gasteiger partial charge in [0, 0.05) is 18.7 Å². The lowest BCUT2D eigenvalue weighted by Gasteiger charge is -2.17. The number of nitrogens with zero attached hydrogens (tertiary/aromatic N) is 3. The molecule has 1 aromatic heterocycles. The summed E-state index contributed by atoms with van der Waals surface area (Å²) in [4.78, 5) is 33.7. The van der Waals surface area contributed by atoms with E-state index in [0.717, 1.165) is 23.2 Å². The predicted octanol–water partition coefficient (Wildman–Crippen LogP) is 3.51. The van der Waals surface area contributed by atoms with E-state index in [1.165, 1.54) is 0 Å². The van der Waals surface area contributed by atoms with Gasteiger partial charge in [-0.05, 0) is 36.2 Å². The number of aryl methyl sites for hydroxylation is 1. The third-order valence-electron chi connectivity index (χ3n) is 5.49. The molecular formula is C24H22N4O4. The monoisotopic (exact) mass is 430 g/mol. The van der Waals surface area contributed by atoms with Crippen LogP contribution in [-0.2, 0) is 20.7 Å². The summed E-state index contributed by atoms with van der Waals surface area (Å²) in [5.41, 5.74) is 3.17. The molecule has 0 saturated carbocycles. The van der Waals surface area contributed by atoms with Gasteiger partial charge in [0.1, 0.15) is 18.2 Å². The maximum atomic E-state index is 12.5. The first-order valence-corrected chi connectivity index (χ1v) is 10.3. The van der Waals surface area contributed by atoms with E-state index < -0.39 is 24.3 Å². The van der Waals surface area contributed by atoms with E-state index in [4.69, 9.17) is 4.74 Å². The molecule has 0 radical (unpaired) electrons. The molecule has 1 saturated heterocycles. The Kier molecular flexibility index (Phi) is 5.90. The van der Waals surface area contributed by atoms with Gasteiger partial charge >= 0.3 is 5.97 Å². The molecule has 32 heavy (non-hydrogen) atoms. The first-order chi connectivity index (χ1) is 15.5. The summed E-state index contributed by atoms with van der Waals surface area (Å²) in [6, 6.07) is 16.8. The number of imidazole rings is 1. The summed E-state index contributed by atoms with van der Waals surface area (Å²) in [7, 11) is 0. The summed E-state index contributed by atoms with van der Waals surface area (Å²) in [6.07, 6.45) is 0.937. The average Bonchev–Trinajstić information content (AvgIpc) is 3.41. The Morgan fingerprint density at radius 1 is 1.28 bits per heavy atom. The standard InChI is InChI=1S/C24H22N4O4/c1-2-15-7-9-17(10-8-15)28-13-16(11-22(28)30)24(31)32-14-21(29)18(12-25)23-26-19-5-3-4-6-20(19)27-23/h3-10,16,29H,2,11,13-14H2,1H3,(H,26,27)/b21-18-/t16-/m1/s1. The first-order valence-electron chi connectivity index (χ1n) is 10.3. The minimum Gasteiger partial charge on any atom is -0.507 e. The molecule has 1 amide bonds. The maximum Gasteiger partial charge on any atom is 0.311 e. The zero-order valence-electron chi connectivity index (χ0n) is 17.5. The van der Waals surface area contributed by atoms with Crippen LogP contribution in [-0.4, -0.2) is 40.1 Å². The molecule has 3 aromatic rings. The lowest BCUT2D eigenvalue weighted by molar-refractivity contribution is -0.148. The molecule has 1 aliphatic rings. The number of allylic oxidation sites excluding steroid dienone is 1. The zero-order valence-corrected chi connectivity index (χ0v) is 17.5. The van der Waals surface area contributed by atoms with E-state index >= 15 is 0 Å². The van der Waals surface area contributed by atoms with Gasteiger partial charge < -0.3 is 19.7 Å². The molecule has 162 valence electrons. The number of benzene rings is 2. The Bertz CT molecular complexity index is 1200. The van der Waals surface area contributed by atoms with E-state index in [0.29, 0.717) is 5.52 Å². The van der Waals surface area contributed by atoms with Crippen molar-refractivity contribution in [3.63, 3.8) is 0 Å². The van der Waals surface area contributed by atoms with Gasteiger partial charge in [0.25, 0.3) is 0 Å². The van der Waals surface area contributed by atoms with Gasteiger partial charge in [-0.3, -0.25) is 9.59 Å². The van der Waals surface area contributed by atoms with Gasteiger partial charge in [0.15, 0.2) is 11.6 Å². The Balaban J connectivity index is 1.42. The molecule has 0 aliphatic carbocycles. The molecule has 8 nitrogen and oxygen atoms in total. The molecule has 8 heteroatoms. The van der Waals surface area contributed by atoms with E-state index in [2.05, 4.69) is 16.9 Å². The zero-order chi connectivity index (χ0) is 22.7. The van der Waals surface area contributed by atoms with Crippen molar-refractivity contribution in [1.82, 2.24) is 9.97 Å². The third-order valence-corrected chi connectivity index (χ3v) is 5.49. The van der Waals surface area contributed by atoms with Crippen molar-refractivity contribution >= 4 is 34.2 Å². The number of nitriles is 1. The SMILES string of the molecule is CCc1ccc(N2C[C@H](C(=O)OC/C(O)=C(\C#N)c3nc4ccccc4[nH]3)CC2=O)cc1. The van der Waals surface area contributed by atoms with Gasteiger partial charge in [-0.15, -0.1) is 0 Å². The number of ether oxygens (including phenoxy) is 1. The molecule has 1 aliphatic heterocycles. The molecule has 0 bridgehead atoms. The van der Waals surface area contributed by atoms with Crippen molar-refractivity contribution < 1.29 is 19.4 Å². The number of aliphatic hydroxyl groups excluding tert-OH is 1. The summed E-state index contributed by atoms with van der Waals surface area (Å²) in [6.45, 7) is 1.79. The lowest BCUT2D eigenvalue weighted by Crippen LogP contribution is -2.26. The number of H-pyrrole nitrogens is 1. The van der Waals surface area contributed by atoms with Gasteiger partial charge in [-0.25, -0.2) is 4.98 Å². The molecule has 0 unspecified atom stereocenters. The molecule has 1 fully saturated rings. The largest absolute Gasteiger partial charge is 0.507 e. The lowest BCUT2D eigenvalue weighted by atomic mass is 10.1. The number of amides is 1. The minimum absolute atomic E-state index is 0.0352. The molecule has 1 atom stereocenters. The van der Waals surface area contributed by atoms with E-state index in [9.17, 15) is 20.0 Å². The number of fused-ring (bicyclic) bond motifs is 1. The first kappa shape index (κ1) is 21.1. The predicted molar refractivity (Wildman–Crippen MR) is 118 cm³/mol. The molecule has 2 heterocycles. The van der Waals surface area contributed by atoms with Crippen LogP contribution in [0.4, 0.5) is 5.69 Å². The maximum absolute atomic E-state index is 12.5. The number of anilines is 1. The second kappa shape index (κ2) is 8.94. The highest BCUT2D eigenvalue weighted by Crippen LogP contribution is 2.27. The summed E-state index contributed by atoms with van der Waals surface area (Å²) < 4.78 is 5.22. The van der Waals surface area contributed by atoms with Crippen LogP contribution < -0.4 is 4.90 Å². The van der Waals surface area contributed by atoms with Crippen LogP contribution in [0.3, 0.4) is 0 Å². The Labute approximate surface area is 184 Å². The number of para-hydroxylation sites is 2. The fraction of sp³-hybridized carbons (Fsp3) is 0.250. The van der Waals surface area contributed by atoms with Crippen molar-refractivity contribution in [1.29, 1.82) is 5.26 Å². The number of carbonyl (C=O) groups is 2. The van der Waals surface area contributed by atoms with Crippen LogP contribution in [0.25, 0.3) is 16.6 Å². The smallest absolute Gasteiger partial charge is 0.311 e. The van der Waals surface area contributed by atoms with E-state index in [-0.39, 0.29) is 30.3 Å². The van der Waals surface area contributed by atoms with Crippen molar-refractivity contribution in [2.24, 2.45) is 5.92 Å². The van der Waals surface area contributed by atoms with Crippen LogP contribution >= 0.6 is 0 Å². The highest BCUT2D eigenvalue weighted by atomic mass is 16.5. The number of carbonyl (C=O) groups excluding carboxylic acids is 2. The van der Waals surface area contributed by atoms with Crippen LogP contribution in [0, 0.1) is 17.2 Å². The van der Waals surface area contributed by atoms with Crippen molar-refractivity contribution in [2.45, 2.75) is 19.8 Å². The van der Waals surface area contributed by atoms with Crippen LogP contribution in [0.1, 0.15) is 24.7 Å². The second-order valence-corrected chi connectivity index (χ2v) is 7.57. The minimum atomic E-state index is -0.641. The molecule has 0 spiro atoms. The van der Waals surface area contributed by atoms with E-state index in [1.807, 2.05) is 42.5 Å². The molecule has 4 rings (SSSR count). The number of aliphatic hydroxyl groups is 1. The molecule has 2 aromatic carbocycles. The Morgan fingerprint density at radius 2 is 2.03 bits per heavy atom. The van der Waals surface area contributed by atoms with Crippen LogP contribution in [0.2, 0.25) is 0 Å². The van der Waals surface area contributed by atoms with Gasteiger partial charge in [0.05, 0.1) is 17.0 Å². The second-order valence-electron chi connectivity index (χ2n) is 7.57. The normalized spacial score (nSPS) is 16.7. The topological polar surface area (TPSA) is 119 Å². The number of esters is 1. The highest BCUT2D eigenvalue weighted by molar-refractivity contribution is 5.99. The average molecular weight is 430 g/mol. The summed E-state index contributed by atoms with van der Waals surface area (Å²) in [5, 5.41) is 19.8. The van der Waals surface area contributed by atoms with Gasteiger partial charge in [-0.1, -0.05) is 31.2 Å². The summed E-state index contributed by atoms with van der Waals surface area (Å²) >= 11 is 0. The van der Waals surface area contributed by atoms with Crippen LogP contribution in [0.15, 0.2) is 54.3 Å². The van der Waals surface area contributed by atoms with Crippen LogP contribution in [0.5, 0.6) is 0 Å². The summed E-state index contributed by atoms with van der Waals surface area (Å²) in [5.74, 6) is -1.61. The number of nitrogens with one attached hydrogen (secondary N) is 1. The van der Waals surface area contributed by atoms with Gasteiger partial charge in [-0.2, -0.15) is 5.26 Å². The molecule has 2 N–H and O–H groups in total. The number of aromatic amines is 1.